The van der Waals surface area contributed by atoms with E-state index in [-0.39, 0.29) is 0 Å². The first kappa shape index (κ1) is 12.2. The molecule has 0 aliphatic carbocycles. The highest BCUT2D eigenvalue weighted by molar-refractivity contribution is 7.11. The van der Waals surface area contributed by atoms with Crippen molar-refractivity contribution in [3.8, 4) is 5.19 Å². The highest BCUT2D eigenvalue weighted by Gasteiger charge is 2.00. The Morgan fingerprint density at radius 1 is 1.53 bits per heavy atom. The van der Waals surface area contributed by atoms with Crippen LogP contribution in [-0.2, 0) is 0 Å². The van der Waals surface area contributed by atoms with E-state index in [1.165, 1.54) is 30.8 Å². The van der Waals surface area contributed by atoms with Gasteiger partial charge in [0.1, 0.15) is 0 Å². The average molecular weight is 226 g/mol. The number of likely N-dealkylation sites (N-methyl/N-ethyl adjacent to an activating group) is 1. The molecule has 0 radical (unpaired) electrons. The molecule has 1 aliphatic heterocycles. The molecule has 15 heavy (non-hydrogen) atoms. The van der Waals surface area contributed by atoms with Crippen LogP contribution < -0.4 is 4.74 Å². The number of nitrogens with zero attached hydrogens (tertiary/aromatic N) is 2. The quantitative estimate of drug-likeness (QED) is 0.724. The lowest BCUT2D eigenvalue weighted by molar-refractivity contribution is 0.315. The second-order valence-electron chi connectivity index (χ2n) is 3.16. The predicted octanol–water partition coefficient (Wildman–Crippen LogP) is 2.42. The fourth-order valence-corrected chi connectivity index (χ4v) is 1.74. The summed E-state index contributed by atoms with van der Waals surface area (Å²) in [5.74, 6) is 0. The van der Waals surface area contributed by atoms with Crippen molar-refractivity contribution >= 4 is 11.3 Å². The van der Waals surface area contributed by atoms with Crippen molar-refractivity contribution in [2.24, 2.45) is 0 Å². The molecular formula is C11H18N2OS. The molecule has 2 rings (SSSR count). The van der Waals surface area contributed by atoms with Crippen LogP contribution in [-0.4, -0.2) is 36.6 Å². The van der Waals surface area contributed by atoms with E-state index in [4.69, 9.17) is 4.74 Å². The zero-order chi connectivity index (χ0) is 10.9. The third-order valence-corrected chi connectivity index (χ3v) is 2.91. The third kappa shape index (κ3) is 4.95. The number of methoxy groups -OCH3 is 1. The molecule has 3 nitrogen and oxygen atoms in total. The molecule has 1 aliphatic rings. The maximum atomic E-state index is 4.76. The summed E-state index contributed by atoms with van der Waals surface area (Å²) in [4.78, 5) is 6.26. The van der Waals surface area contributed by atoms with E-state index in [9.17, 15) is 0 Å². The number of hydrogen-bond acceptors (Lipinski definition) is 4. The first-order valence-electron chi connectivity index (χ1n) is 5.17. The average Bonchev–Trinajstić information content (AvgIpc) is 2.84. The lowest BCUT2D eigenvalue weighted by Crippen LogP contribution is -2.26. The molecule has 0 saturated heterocycles. The topological polar surface area (TPSA) is 25.4 Å². The fraction of sp³-hybridized carbons (Fsp3) is 0.545. The maximum Gasteiger partial charge on any atom is 0.272 e. The molecule has 0 amide bonds. The molecule has 84 valence electrons. The summed E-state index contributed by atoms with van der Waals surface area (Å²) in [7, 11) is 1.61. The molecule has 1 aromatic rings. The number of thiazole rings is 1. The van der Waals surface area contributed by atoms with Crippen molar-refractivity contribution < 1.29 is 4.74 Å². The zero-order valence-electron chi connectivity index (χ0n) is 9.35. The minimum Gasteiger partial charge on any atom is -0.473 e. The molecule has 0 unspecified atom stereocenters. The zero-order valence-corrected chi connectivity index (χ0v) is 10.2. The largest absolute Gasteiger partial charge is 0.473 e. The molecule has 0 atom stereocenters. The van der Waals surface area contributed by atoms with Gasteiger partial charge in [0.15, 0.2) is 0 Å². The third-order valence-electron chi connectivity index (χ3n) is 2.17. The van der Waals surface area contributed by atoms with Crippen LogP contribution in [0.1, 0.15) is 13.3 Å². The first-order valence-corrected chi connectivity index (χ1v) is 6.05. The molecule has 0 aromatic carbocycles. The van der Waals surface area contributed by atoms with Crippen LogP contribution in [0.25, 0.3) is 0 Å². The Hall–Kier alpha value is -0.870. The van der Waals surface area contributed by atoms with Crippen LogP contribution in [0.15, 0.2) is 23.7 Å². The summed E-state index contributed by atoms with van der Waals surface area (Å²) >= 11 is 1.49. The Morgan fingerprint density at radius 2 is 2.40 bits per heavy atom. The molecular weight excluding hydrogens is 208 g/mol. The van der Waals surface area contributed by atoms with Gasteiger partial charge in [-0.3, -0.25) is 4.90 Å². The van der Waals surface area contributed by atoms with Crippen molar-refractivity contribution in [2.45, 2.75) is 13.3 Å². The minimum absolute atomic E-state index is 0.722. The highest BCUT2D eigenvalue weighted by atomic mass is 32.1. The molecule has 0 saturated carbocycles. The number of hydrogen-bond donors (Lipinski definition) is 0. The van der Waals surface area contributed by atoms with Gasteiger partial charge in [0, 0.05) is 24.7 Å². The monoisotopic (exact) mass is 226 g/mol. The van der Waals surface area contributed by atoms with Gasteiger partial charge in [0.25, 0.3) is 5.19 Å². The van der Waals surface area contributed by atoms with E-state index in [0.29, 0.717) is 0 Å². The molecule has 0 bridgehead atoms. The number of aromatic nitrogens is 1. The van der Waals surface area contributed by atoms with Gasteiger partial charge in [-0.1, -0.05) is 30.4 Å². The Bertz CT molecular complexity index is 272. The van der Waals surface area contributed by atoms with Crippen LogP contribution in [0.5, 0.6) is 5.19 Å². The summed E-state index contributed by atoms with van der Waals surface area (Å²) in [5.41, 5.74) is 0. The first-order chi connectivity index (χ1) is 7.36. The molecule has 1 aromatic heterocycles. The second-order valence-corrected chi connectivity index (χ2v) is 4.01. The van der Waals surface area contributed by atoms with E-state index in [2.05, 4.69) is 29.0 Å². The summed E-state index contributed by atoms with van der Waals surface area (Å²) < 4.78 is 4.76. The lowest BCUT2D eigenvalue weighted by atomic mass is 10.2. The van der Waals surface area contributed by atoms with Gasteiger partial charge in [-0.2, -0.15) is 0 Å². The fourth-order valence-electron chi connectivity index (χ4n) is 1.29. The normalized spacial score (nSPS) is 15.6. The van der Waals surface area contributed by atoms with Crippen LogP contribution in [0.3, 0.4) is 0 Å². The van der Waals surface area contributed by atoms with Gasteiger partial charge in [0.05, 0.1) is 7.11 Å². The Kier molecular flexibility index (Phi) is 6.04. The summed E-state index contributed by atoms with van der Waals surface area (Å²) in [6, 6.07) is 0. The van der Waals surface area contributed by atoms with Crippen LogP contribution in [0.2, 0.25) is 0 Å². The van der Waals surface area contributed by atoms with Crippen molar-refractivity contribution in [1.82, 2.24) is 9.88 Å². The standard InChI is InChI=1S/C7H13N.C4H5NOS/c1-2-8-6-4-3-5-7-8;1-6-4-5-2-3-7-4/h3-4H,2,5-7H2,1H3;2-3H,1H3. The maximum absolute atomic E-state index is 4.76. The lowest BCUT2D eigenvalue weighted by Gasteiger charge is -2.20. The number of ether oxygens (including phenoxy) is 1. The van der Waals surface area contributed by atoms with Crippen molar-refractivity contribution in [3.63, 3.8) is 0 Å². The van der Waals surface area contributed by atoms with E-state index in [1.54, 1.807) is 13.3 Å². The minimum atomic E-state index is 0.722. The predicted molar refractivity (Wildman–Crippen MR) is 64.5 cm³/mol. The van der Waals surface area contributed by atoms with Crippen LogP contribution in [0, 0.1) is 0 Å². The van der Waals surface area contributed by atoms with E-state index >= 15 is 0 Å². The molecule has 2 heterocycles. The summed E-state index contributed by atoms with van der Waals surface area (Å²) in [6.45, 7) is 5.83. The molecule has 4 heteroatoms. The van der Waals surface area contributed by atoms with Gasteiger partial charge in [-0.15, -0.1) is 0 Å². The Morgan fingerprint density at radius 3 is 2.73 bits per heavy atom. The van der Waals surface area contributed by atoms with Gasteiger partial charge < -0.3 is 4.74 Å². The second kappa shape index (κ2) is 7.43. The Balaban J connectivity index is 0.000000151. The smallest absolute Gasteiger partial charge is 0.272 e. The highest BCUT2D eigenvalue weighted by Crippen LogP contribution is 2.11. The molecule has 0 N–H and O–H groups in total. The van der Waals surface area contributed by atoms with E-state index < -0.39 is 0 Å². The van der Waals surface area contributed by atoms with Crippen molar-refractivity contribution in [2.75, 3.05) is 26.7 Å². The van der Waals surface area contributed by atoms with Gasteiger partial charge in [-0.05, 0) is 13.0 Å². The molecule has 0 fully saturated rings. The Labute approximate surface area is 95.4 Å². The van der Waals surface area contributed by atoms with Crippen molar-refractivity contribution in [1.29, 1.82) is 0 Å². The van der Waals surface area contributed by atoms with Gasteiger partial charge in [0.2, 0.25) is 0 Å². The number of rotatable bonds is 2. The van der Waals surface area contributed by atoms with E-state index in [1.807, 2.05) is 5.38 Å². The van der Waals surface area contributed by atoms with Gasteiger partial charge >= 0.3 is 0 Å². The van der Waals surface area contributed by atoms with Crippen LogP contribution in [0.4, 0.5) is 0 Å². The van der Waals surface area contributed by atoms with Crippen LogP contribution >= 0.6 is 11.3 Å². The SMILES string of the molecule is CCN1CC=CCC1.COc1nccs1. The summed E-state index contributed by atoms with van der Waals surface area (Å²) in [5, 5.41) is 2.60. The summed E-state index contributed by atoms with van der Waals surface area (Å²) in [6.07, 6.45) is 7.45. The molecule has 0 spiro atoms. The van der Waals surface area contributed by atoms with E-state index in [0.717, 1.165) is 11.7 Å². The van der Waals surface area contributed by atoms with Crippen molar-refractivity contribution in [3.05, 3.63) is 23.7 Å². The van der Waals surface area contributed by atoms with Gasteiger partial charge in [-0.25, -0.2) is 4.98 Å².